The van der Waals surface area contributed by atoms with Gasteiger partial charge in [-0.2, -0.15) is 0 Å². The number of aryl methyl sites for hydroxylation is 1. The Bertz CT molecular complexity index is 876. The normalized spacial score (nSPS) is 10.7. The highest BCUT2D eigenvalue weighted by Crippen LogP contribution is 2.20. The first-order chi connectivity index (χ1) is 11.0. The van der Waals surface area contributed by atoms with Gasteiger partial charge in [-0.05, 0) is 55.3 Å². The van der Waals surface area contributed by atoms with Crippen LogP contribution in [0.4, 0.5) is 5.69 Å². The average molecular weight is 306 g/mol. The van der Waals surface area contributed by atoms with Gasteiger partial charge in [-0.1, -0.05) is 12.1 Å². The summed E-state index contributed by atoms with van der Waals surface area (Å²) in [4.78, 5) is 26.7. The molecule has 1 amide bonds. The summed E-state index contributed by atoms with van der Waals surface area (Å²) < 4.78 is 0. The Kier molecular flexibility index (Phi) is 3.98. The summed E-state index contributed by atoms with van der Waals surface area (Å²) in [6.45, 7) is 3.56. The quantitative estimate of drug-likeness (QED) is 0.719. The van der Waals surface area contributed by atoms with Gasteiger partial charge in [0.1, 0.15) is 0 Å². The third-order valence-electron chi connectivity index (χ3n) is 3.85. The molecule has 0 saturated carbocycles. The van der Waals surface area contributed by atoms with Crippen LogP contribution in [0.2, 0.25) is 0 Å². The molecule has 0 spiro atoms. The number of carbonyl (C=O) groups is 2. The molecular formula is C19H18N2O2. The first kappa shape index (κ1) is 15.0. The van der Waals surface area contributed by atoms with Gasteiger partial charge in [0.2, 0.25) is 5.91 Å². The smallest absolute Gasteiger partial charge is 0.228 e. The number of rotatable bonds is 4. The number of Topliss-reactive ketones (excluding diaryl/α,β-unsaturated/α-hetero) is 1. The van der Waals surface area contributed by atoms with E-state index in [-0.39, 0.29) is 11.7 Å². The van der Waals surface area contributed by atoms with E-state index in [2.05, 4.69) is 16.4 Å². The lowest BCUT2D eigenvalue weighted by molar-refractivity contribution is -0.115. The summed E-state index contributed by atoms with van der Waals surface area (Å²) in [7, 11) is 0. The highest BCUT2D eigenvalue weighted by molar-refractivity contribution is 5.97. The Labute approximate surface area is 134 Å². The van der Waals surface area contributed by atoms with Crippen LogP contribution in [0.5, 0.6) is 0 Å². The number of H-pyrrole nitrogens is 1. The van der Waals surface area contributed by atoms with Crippen molar-refractivity contribution in [1.82, 2.24) is 4.98 Å². The number of hydrogen-bond acceptors (Lipinski definition) is 2. The SMILES string of the molecule is CC(=O)c1ccc(NC(=O)Cc2c[nH]c3cc(C)ccc23)cc1. The van der Waals surface area contributed by atoms with E-state index >= 15 is 0 Å². The molecule has 0 saturated heterocycles. The fourth-order valence-electron chi connectivity index (χ4n) is 2.61. The van der Waals surface area contributed by atoms with Crippen molar-refractivity contribution in [1.29, 1.82) is 0 Å². The number of aromatic nitrogens is 1. The van der Waals surface area contributed by atoms with Crippen molar-refractivity contribution in [3.8, 4) is 0 Å². The Morgan fingerprint density at radius 1 is 1.09 bits per heavy atom. The van der Waals surface area contributed by atoms with Crippen molar-refractivity contribution in [2.45, 2.75) is 20.3 Å². The Balaban J connectivity index is 1.72. The molecule has 3 rings (SSSR count). The fraction of sp³-hybridized carbons (Fsp3) is 0.158. The van der Waals surface area contributed by atoms with Crippen molar-refractivity contribution in [2.24, 2.45) is 0 Å². The molecule has 0 bridgehead atoms. The molecule has 1 heterocycles. The number of carbonyl (C=O) groups excluding carboxylic acids is 2. The van der Waals surface area contributed by atoms with Crippen LogP contribution in [-0.4, -0.2) is 16.7 Å². The number of benzene rings is 2. The highest BCUT2D eigenvalue weighted by atomic mass is 16.1. The number of nitrogens with one attached hydrogen (secondary N) is 2. The largest absolute Gasteiger partial charge is 0.361 e. The highest BCUT2D eigenvalue weighted by Gasteiger charge is 2.09. The second-order valence-electron chi connectivity index (χ2n) is 5.72. The van der Waals surface area contributed by atoms with Crippen molar-refractivity contribution < 1.29 is 9.59 Å². The lowest BCUT2D eigenvalue weighted by Gasteiger charge is -2.05. The number of amides is 1. The first-order valence-corrected chi connectivity index (χ1v) is 7.50. The van der Waals surface area contributed by atoms with Crippen LogP contribution in [0.3, 0.4) is 0 Å². The Morgan fingerprint density at radius 3 is 2.52 bits per heavy atom. The summed E-state index contributed by atoms with van der Waals surface area (Å²) >= 11 is 0. The van der Waals surface area contributed by atoms with Crippen LogP contribution in [0.1, 0.15) is 28.4 Å². The molecule has 0 fully saturated rings. The lowest BCUT2D eigenvalue weighted by Crippen LogP contribution is -2.14. The molecule has 0 unspecified atom stereocenters. The van der Waals surface area contributed by atoms with E-state index in [1.165, 1.54) is 12.5 Å². The number of fused-ring (bicyclic) bond motifs is 1. The number of ketones is 1. The maximum Gasteiger partial charge on any atom is 0.228 e. The molecule has 3 aromatic rings. The summed E-state index contributed by atoms with van der Waals surface area (Å²) in [6, 6.07) is 13.1. The van der Waals surface area contributed by atoms with Crippen LogP contribution < -0.4 is 5.32 Å². The van der Waals surface area contributed by atoms with Gasteiger partial charge < -0.3 is 10.3 Å². The van der Waals surface area contributed by atoms with E-state index in [4.69, 9.17) is 0 Å². The van der Waals surface area contributed by atoms with E-state index in [9.17, 15) is 9.59 Å². The van der Waals surface area contributed by atoms with Gasteiger partial charge in [0.15, 0.2) is 5.78 Å². The van der Waals surface area contributed by atoms with Gasteiger partial charge in [0, 0.05) is 28.4 Å². The zero-order valence-corrected chi connectivity index (χ0v) is 13.1. The summed E-state index contributed by atoms with van der Waals surface area (Å²) in [5, 5.41) is 3.93. The Hall–Kier alpha value is -2.88. The molecule has 2 N–H and O–H groups in total. The fourth-order valence-corrected chi connectivity index (χ4v) is 2.61. The van der Waals surface area contributed by atoms with E-state index < -0.39 is 0 Å². The zero-order valence-electron chi connectivity index (χ0n) is 13.1. The van der Waals surface area contributed by atoms with E-state index in [0.717, 1.165) is 16.5 Å². The molecule has 23 heavy (non-hydrogen) atoms. The number of aromatic amines is 1. The van der Waals surface area contributed by atoms with Gasteiger partial charge in [0.25, 0.3) is 0 Å². The maximum atomic E-state index is 12.2. The maximum absolute atomic E-state index is 12.2. The molecule has 116 valence electrons. The van der Waals surface area contributed by atoms with E-state index in [0.29, 0.717) is 17.7 Å². The van der Waals surface area contributed by atoms with Crippen molar-refractivity contribution in [3.05, 3.63) is 65.4 Å². The van der Waals surface area contributed by atoms with Crippen molar-refractivity contribution in [2.75, 3.05) is 5.32 Å². The van der Waals surface area contributed by atoms with Gasteiger partial charge in [-0.15, -0.1) is 0 Å². The van der Waals surface area contributed by atoms with Crippen LogP contribution >= 0.6 is 0 Å². The molecule has 1 aromatic heterocycles. The third kappa shape index (κ3) is 3.31. The van der Waals surface area contributed by atoms with Gasteiger partial charge in [-0.3, -0.25) is 9.59 Å². The minimum atomic E-state index is -0.0814. The second kappa shape index (κ2) is 6.08. The average Bonchev–Trinajstić information content (AvgIpc) is 2.89. The lowest BCUT2D eigenvalue weighted by atomic mass is 10.1. The summed E-state index contributed by atoms with van der Waals surface area (Å²) in [5.41, 5.74) is 4.52. The predicted octanol–water partition coefficient (Wildman–Crippen LogP) is 3.86. The van der Waals surface area contributed by atoms with Crippen LogP contribution in [0.15, 0.2) is 48.7 Å². The van der Waals surface area contributed by atoms with E-state index in [1.807, 2.05) is 25.3 Å². The van der Waals surface area contributed by atoms with Crippen molar-refractivity contribution >= 4 is 28.3 Å². The molecule has 2 aromatic carbocycles. The molecule has 0 radical (unpaired) electrons. The standard InChI is InChI=1S/C19H18N2O2/c1-12-3-8-17-15(11-20-18(17)9-12)10-19(23)21-16-6-4-14(5-7-16)13(2)22/h3-9,11,20H,10H2,1-2H3,(H,21,23). The van der Waals surface area contributed by atoms with Gasteiger partial charge >= 0.3 is 0 Å². The molecule has 0 aliphatic carbocycles. The first-order valence-electron chi connectivity index (χ1n) is 7.50. The minimum Gasteiger partial charge on any atom is -0.361 e. The molecule has 0 aliphatic heterocycles. The molecule has 0 atom stereocenters. The topological polar surface area (TPSA) is 62.0 Å². The Morgan fingerprint density at radius 2 is 1.83 bits per heavy atom. The van der Waals surface area contributed by atoms with Crippen LogP contribution in [0, 0.1) is 6.92 Å². The molecule has 0 aliphatic rings. The summed E-state index contributed by atoms with van der Waals surface area (Å²) in [5.74, 6) is -0.0704. The van der Waals surface area contributed by atoms with Gasteiger partial charge in [-0.25, -0.2) is 0 Å². The minimum absolute atomic E-state index is 0.0111. The van der Waals surface area contributed by atoms with Crippen molar-refractivity contribution in [3.63, 3.8) is 0 Å². The molecular weight excluding hydrogens is 288 g/mol. The number of hydrogen-bond donors (Lipinski definition) is 2. The van der Waals surface area contributed by atoms with Crippen LogP contribution in [0.25, 0.3) is 10.9 Å². The second-order valence-corrected chi connectivity index (χ2v) is 5.72. The molecule has 4 nitrogen and oxygen atoms in total. The molecule has 4 heteroatoms. The number of anilines is 1. The summed E-state index contributed by atoms with van der Waals surface area (Å²) in [6.07, 6.45) is 2.18. The predicted molar refractivity (Wildman–Crippen MR) is 91.8 cm³/mol. The van der Waals surface area contributed by atoms with E-state index in [1.54, 1.807) is 24.3 Å². The van der Waals surface area contributed by atoms with Crippen LogP contribution in [-0.2, 0) is 11.2 Å². The third-order valence-corrected chi connectivity index (χ3v) is 3.85. The zero-order chi connectivity index (χ0) is 16.4. The monoisotopic (exact) mass is 306 g/mol. The van der Waals surface area contributed by atoms with Gasteiger partial charge in [0.05, 0.1) is 6.42 Å².